The molecule has 0 aliphatic carbocycles. The first-order valence-electron chi connectivity index (χ1n) is 17.9. The molecule has 0 spiro atoms. The Labute approximate surface area is 314 Å². The molecule has 0 radical (unpaired) electrons. The molecule has 0 saturated carbocycles. The van der Waals surface area contributed by atoms with Gasteiger partial charge in [-0.2, -0.15) is 0 Å². The van der Waals surface area contributed by atoms with Crippen molar-refractivity contribution in [1.82, 2.24) is 5.32 Å². The Balaban J connectivity index is 1.18. The molecule has 1 heterocycles. The zero-order valence-electron chi connectivity index (χ0n) is 30.6. The third-order valence-corrected chi connectivity index (χ3v) is 8.93. The molecule has 4 aromatic carbocycles. The molecule has 3 unspecified atom stereocenters. The van der Waals surface area contributed by atoms with E-state index < -0.39 is 11.2 Å². The molecule has 1 aliphatic heterocycles. The van der Waals surface area contributed by atoms with Gasteiger partial charge in [0.1, 0.15) is 30.5 Å². The number of nitrogens with zero attached hydrogens (tertiary/aromatic N) is 1. The molecule has 0 amide bonds. The van der Waals surface area contributed by atoms with Crippen LogP contribution in [0.3, 0.4) is 0 Å². The van der Waals surface area contributed by atoms with Crippen LogP contribution in [0.5, 0.6) is 17.2 Å². The topological polar surface area (TPSA) is 155 Å². The maximum atomic E-state index is 12.5. The SMILES string of the molecule is COc1ccccc1COCCCOc1ccc(C2C(COC(=O)OCCOCCO[N+](=O)[O-])CNCC2OCc2cc(OC)c3ccccc3c2)cc1. The maximum Gasteiger partial charge on any atom is 0.508 e. The Kier molecular flexibility index (Phi) is 16.0. The van der Waals surface area contributed by atoms with Crippen LogP contribution in [0.15, 0.2) is 84.9 Å². The van der Waals surface area contributed by atoms with Crippen molar-refractivity contribution in [2.24, 2.45) is 5.92 Å². The van der Waals surface area contributed by atoms with Gasteiger partial charge in [-0.05, 0) is 46.8 Å². The molecule has 14 heteroatoms. The first kappa shape index (κ1) is 40.0. The second kappa shape index (κ2) is 21.5. The van der Waals surface area contributed by atoms with Crippen molar-refractivity contribution in [2.45, 2.75) is 31.7 Å². The van der Waals surface area contributed by atoms with Gasteiger partial charge in [-0.1, -0.05) is 54.6 Å². The summed E-state index contributed by atoms with van der Waals surface area (Å²) in [5, 5.41) is 14.9. The fourth-order valence-electron chi connectivity index (χ4n) is 6.39. The standard InChI is InChI=1S/C40H48N2O12/c1-46-36-11-6-4-9-32(36)27-49-16-7-17-50-34-14-12-30(13-15-34)39-33(28-53-40(43)51-20-18-48-19-21-54-42(44)45)24-41-25-38(39)52-26-29-22-31-8-3-5-10-35(31)37(23-29)47-2/h3-6,8-15,22-23,33,38-39,41H,7,16-21,24-28H2,1-2H3. The summed E-state index contributed by atoms with van der Waals surface area (Å²) in [6.07, 6.45) is -0.359. The number of nitrogens with one attached hydrogen (secondary N) is 1. The van der Waals surface area contributed by atoms with Crippen molar-refractivity contribution in [3.8, 4) is 17.2 Å². The van der Waals surface area contributed by atoms with E-state index in [2.05, 4.69) is 22.3 Å². The Morgan fingerprint density at radius 3 is 2.39 bits per heavy atom. The highest BCUT2D eigenvalue weighted by atomic mass is 17.0. The first-order chi connectivity index (χ1) is 26.4. The summed E-state index contributed by atoms with van der Waals surface area (Å²) in [4.78, 5) is 26.9. The summed E-state index contributed by atoms with van der Waals surface area (Å²) in [7, 11) is 3.31. The lowest BCUT2D eigenvalue weighted by molar-refractivity contribution is -0.758. The Morgan fingerprint density at radius 2 is 1.57 bits per heavy atom. The van der Waals surface area contributed by atoms with Crippen molar-refractivity contribution < 1.29 is 52.6 Å². The number of methoxy groups -OCH3 is 2. The number of carbonyl (C=O) groups is 1. The van der Waals surface area contributed by atoms with Crippen LogP contribution in [-0.2, 0) is 41.7 Å². The van der Waals surface area contributed by atoms with Gasteiger partial charge < -0.3 is 48.0 Å². The van der Waals surface area contributed by atoms with Gasteiger partial charge in [0.25, 0.3) is 5.09 Å². The highest BCUT2D eigenvalue weighted by Crippen LogP contribution is 2.35. The fraction of sp³-hybridized carbons (Fsp3) is 0.425. The molecule has 54 heavy (non-hydrogen) atoms. The van der Waals surface area contributed by atoms with Gasteiger partial charge in [0.05, 0.1) is 66.6 Å². The van der Waals surface area contributed by atoms with E-state index in [1.165, 1.54) is 0 Å². The zero-order chi connectivity index (χ0) is 38.0. The third-order valence-electron chi connectivity index (χ3n) is 8.93. The van der Waals surface area contributed by atoms with E-state index in [1.54, 1.807) is 14.2 Å². The lowest BCUT2D eigenvalue weighted by Gasteiger charge is -2.38. The van der Waals surface area contributed by atoms with Gasteiger partial charge in [0, 0.05) is 42.3 Å². The number of hydrogen-bond acceptors (Lipinski definition) is 13. The van der Waals surface area contributed by atoms with Crippen LogP contribution < -0.4 is 19.5 Å². The number of carbonyl (C=O) groups excluding carboxylic acids is 1. The minimum absolute atomic E-state index is 0.00873. The Bertz CT molecular complexity index is 1750. The van der Waals surface area contributed by atoms with E-state index in [1.807, 2.05) is 72.8 Å². The number of ether oxygens (including phenoxy) is 8. The summed E-state index contributed by atoms with van der Waals surface area (Å²) in [5.74, 6) is 2.07. The van der Waals surface area contributed by atoms with Crippen LogP contribution in [0.4, 0.5) is 4.79 Å². The molecule has 3 atom stereocenters. The molecule has 1 N–H and O–H groups in total. The number of rotatable bonds is 22. The van der Waals surface area contributed by atoms with Crippen molar-refractivity contribution >= 4 is 16.9 Å². The van der Waals surface area contributed by atoms with E-state index in [-0.39, 0.29) is 51.0 Å². The summed E-state index contributed by atoms with van der Waals surface area (Å²) in [5.41, 5.74) is 3.01. The normalized spacial score (nSPS) is 16.7. The third kappa shape index (κ3) is 12.2. The van der Waals surface area contributed by atoms with E-state index in [0.717, 1.165) is 51.1 Å². The molecule has 1 saturated heterocycles. The van der Waals surface area contributed by atoms with Gasteiger partial charge in [-0.25, -0.2) is 4.79 Å². The molecule has 14 nitrogen and oxygen atoms in total. The second-order valence-corrected chi connectivity index (χ2v) is 12.5. The van der Waals surface area contributed by atoms with Gasteiger partial charge in [0.2, 0.25) is 0 Å². The average Bonchev–Trinajstić information content (AvgIpc) is 3.20. The van der Waals surface area contributed by atoms with E-state index in [9.17, 15) is 14.9 Å². The average molecular weight is 749 g/mol. The number of benzene rings is 4. The minimum atomic E-state index is -0.896. The molecule has 5 rings (SSSR count). The molecular weight excluding hydrogens is 700 g/mol. The van der Waals surface area contributed by atoms with E-state index in [4.69, 9.17) is 37.9 Å². The summed E-state index contributed by atoms with van der Waals surface area (Å²) in [6, 6.07) is 27.9. The molecule has 4 aromatic rings. The predicted octanol–water partition coefficient (Wildman–Crippen LogP) is 6.11. The molecule has 0 aromatic heterocycles. The fourth-order valence-corrected chi connectivity index (χ4v) is 6.39. The number of hydrogen-bond donors (Lipinski definition) is 1. The molecule has 1 fully saturated rings. The lowest BCUT2D eigenvalue weighted by atomic mass is 9.79. The van der Waals surface area contributed by atoms with Crippen LogP contribution in [0.25, 0.3) is 10.8 Å². The van der Waals surface area contributed by atoms with Crippen molar-refractivity contribution in [2.75, 3.05) is 73.6 Å². The van der Waals surface area contributed by atoms with Gasteiger partial charge in [0.15, 0.2) is 0 Å². The van der Waals surface area contributed by atoms with Crippen LogP contribution in [0.2, 0.25) is 0 Å². The Hall–Kier alpha value is -5.15. The highest BCUT2D eigenvalue weighted by Gasteiger charge is 2.36. The minimum Gasteiger partial charge on any atom is -0.496 e. The molecule has 1 aliphatic rings. The summed E-state index contributed by atoms with van der Waals surface area (Å²) in [6.45, 7) is 2.90. The molecule has 290 valence electrons. The van der Waals surface area contributed by atoms with Gasteiger partial charge in [-0.3, -0.25) is 0 Å². The number of fused-ring (bicyclic) bond motifs is 1. The second-order valence-electron chi connectivity index (χ2n) is 12.5. The van der Waals surface area contributed by atoms with E-state index in [0.29, 0.717) is 39.5 Å². The van der Waals surface area contributed by atoms with Crippen LogP contribution >= 0.6 is 0 Å². The number of piperidine rings is 1. The smallest absolute Gasteiger partial charge is 0.496 e. The quantitative estimate of drug-likeness (QED) is 0.0426. The maximum absolute atomic E-state index is 12.5. The van der Waals surface area contributed by atoms with E-state index >= 15 is 0 Å². The lowest BCUT2D eigenvalue weighted by Crippen LogP contribution is -2.48. The van der Waals surface area contributed by atoms with Crippen LogP contribution in [0, 0.1) is 16.0 Å². The number of para-hydroxylation sites is 1. The van der Waals surface area contributed by atoms with Crippen LogP contribution in [-0.4, -0.2) is 90.9 Å². The summed E-state index contributed by atoms with van der Waals surface area (Å²) >= 11 is 0. The largest absolute Gasteiger partial charge is 0.508 e. The summed E-state index contributed by atoms with van der Waals surface area (Å²) < 4.78 is 45.4. The Morgan fingerprint density at radius 1 is 0.796 bits per heavy atom. The molecular formula is C40H48N2O12. The predicted molar refractivity (Wildman–Crippen MR) is 198 cm³/mol. The monoisotopic (exact) mass is 748 g/mol. The molecule has 0 bridgehead atoms. The van der Waals surface area contributed by atoms with Crippen molar-refractivity contribution in [1.29, 1.82) is 0 Å². The first-order valence-corrected chi connectivity index (χ1v) is 17.9. The van der Waals surface area contributed by atoms with Gasteiger partial charge in [-0.15, -0.1) is 10.1 Å². The van der Waals surface area contributed by atoms with Crippen LogP contribution in [0.1, 0.15) is 29.0 Å². The zero-order valence-corrected chi connectivity index (χ0v) is 30.6. The van der Waals surface area contributed by atoms with Crippen molar-refractivity contribution in [3.05, 3.63) is 112 Å². The van der Waals surface area contributed by atoms with Crippen molar-refractivity contribution in [3.63, 3.8) is 0 Å². The highest BCUT2D eigenvalue weighted by molar-refractivity contribution is 5.89. The van der Waals surface area contributed by atoms with Gasteiger partial charge >= 0.3 is 6.16 Å².